The molecule has 26 heavy (non-hydrogen) atoms. The number of aryl methyl sites for hydroxylation is 1. The van der Waals surface area contributed by atoms with Crippen LogP contribution in [0.3, 0.4) is 0 Å². The van der Waals surface area contributed by atoms with Crippen LogP contribution in [0.2, 0.25) is 0 Å². The van der Waals surface area contributed by atoms with Gasteiger partial charge in [0.15, 0.2) is 0 Å². The number of aromatic nitrogens is 1. The van der Waals surface area contributed by atoms with Gasteiger partial charge >= 0.3 is 0 Å². The highest BCUT2D eigenvalue weighted by molar-refractivity contribution is 7.92. The van der Waals surface area contributed by atoms with Crippen LogP contribution in [-0.4, -0.2) is 13.4 Å². The molecule has 2 N–H and O–H groups in total. The fourth-order valence-corrected chi connectivity index (χ4v) is 3.49. The molecule has 0 atom stereocenters. The second-order valence-electron chi connectivity index (χ2n) is 5.80. The lowest BCUT2D eigenvalue weighted by atomic mass is 10.2. The highest BCUT2D eigenvalue weighted by atomic mass is 32.2. The summed E-state index contributed by atoms with van der Waals surface area (Å²) in [6.45, 7) is 2.13. The van der Waals surface area contributed by atoms with E-state index >= 15 is 0 Å². The molecule has 2 aromatic carbocycles. The van der Waals surface area contributed by atoms with Crippen LogP contribution in [0.15, 0.2) is 71.8 Å². The standard InChI is InChI=1S/C19H18FN3O2S/c1-14-5-4-7-17(11-14)26(24,25)23-19-10-9-16(13-22-19)21-12-15-6-2-3-8-18(15)20/h2-11,13,21H,12H2,1H3,(H,22,23). The molecule has 134 valence electrons. The third-order valence-electron chi connectivity index (χ3n) is 3.74. The van der Waals surface area contributed by atoms with Gasteiger partial charge in [-0.15, -0.1) is 0 Å². The van der Waals surface area contributed by atoms with E-state index in [4.69, 9.17) is 0 Å². The Bertz CT molecular complexity index is 1010. The van der Waals surface area contributed by atoms with Gasteiger partial charge in [-0.2, -0.15) is 0 Å². The van der Waals surface area contributed by atoms with E-state index in [0.717, 1.165) is 5.56 Å². The number of sulfonamides is 1. The number of hydrogen-bond donors (Lipinski definition) is 2. The van der Waals surface area contributed by atoms with Gasteiger partial charge in [-0.25, -0.2) is 17.8 Å². The maximum absolute atomic E-state index is 13.6. The number of pyridine rings is 1. The van der Waals surface area contributed by atoms with Gasteiger partial charge in [-0.1, -0.05) is 30.3 Å². The summed E-state index contributed by atoms with van der Waals surface area (Å²) in [5, 5.41) is 3.05. The van der Waals surface area contributed by atoms with Crippen molar-refractivity contribution in [3.63, 3.8) is 0 Å². The first-order valence-corrected chi connectivity index (χ1v) is 9.45. The average Bonchev–Trinajstić information content (AvgIpc) is 2.62. The molecule has 0 fully saturated rings. The SMILES string of the molecule is Cc1cccc(S(=O)(=O)Nc2ccc(NCc3ccccc3F)cn2)c1. The minimum Gasteiger partial charge on any atom is -0.380 e. The molecule has 0 spiro atoms. The molecule has 1 heterocycles. The van der Waals surface area contributed by atoms with Gasteiger partial charge in [0.1, 0.15) is 11.6 Å². The van der Waals surface area contributed by atoms with Gasteiger partial charge in [-0.05, 0) is 42.8 Å². The van der Waals surface area contributed by atoms with E-state index in [1.165, 1.54) is 18.3 Å². The molecule has 0 saturated carbocycles. The number of hydrogen-bond acceptors (Lipinski definition) is 4. The van der Waals surface area contributed by atoms with E-state index < -0.39 is 10.0 Å². The maximum atomic E-state index is 13.6. The summed E-state index contributed by atoms with van der Waals surface area (Å²) in [5.74, 6) is -0.0709. The first kappa shape index (κ1) is 17.9. The lowest BCUT2D eigenvalue weighted by Crippen LogP contribution is -2.14. The van der Waals surface area contributed by atoms with E-state index in [0.29, 0.717) is 17.8 Å². The third-order valence-corrected chi connectivity index (χ3v) is 5.10. The third kappa shape index (κ3) is 4.37. The van der Waals surface area contributed by atoms with Gasteiger partial charge < -0.3 is 5.32 Å². The van der Waals surface area contributed by atoms with E-state index in [-0.39, 0.29) is 16.5 Å². The van der Waals surface area contributed by atoms with Crippen molar-refractivity contribution in [2.45, 2.75) is 18.4 Å². The molecule has 1 aromatic heterocycles. The molecule has 0 amide bonds. The fourth-order valence-electron chi connectivity index (χ4n) is 2.38. The molecule has 3 aromatic rings. The quantitative estimate of drug-likeness (QED) is 0.688. The van der Waals surface area contributed by atoms with Crippen LogP contribution in [0.25, 0.3) is 0 Å². The highest BCUT2D eigenvalue weighted by Crippen LogP contribution is 2.17. The van der Waals surface area contributed by atoms with Crippen LogP contribution in [0, 0.1) is 12.7 Å². The lowest BCUT2D eigenvalue weighted by molar-refractivity contribution is 0.601. The number of anilines is 2. The second kappa shape index (κ2) is 7.53. The number of nitrogens with zero attached hydrogens (tertiary/aromatic N) is 1. The van der Waals surface area contributed by atoms with Gasteiger partial charge in [0.2, 0.25) is 0 Å². The van der Waals surface area contributed by atoms with Crippen LogP contribution in [0.4, 0.5) is 15.9 Å². The van der Waals surface area contributed by atoms with Crippen LogP contribution in [-0.2, 0) is 16.6 Å². The van der Waals surface area contributed by atoms with Gasteiger partial charge in [-0.3, -0.25) is 4.72 Å². The Morgan fingerprint density at radius 2 is 1.85 bits per heavy atom. The fraction of sp³-hybridized carbons (Fsp3) is 0.105. The van der Waals surface area contributed by atoms with E-state index in [1.807, 2.05) is 13.0 Å². The van der Waals surface area contributed by atoms with Crippen LogP contribution in [0.1, 0.15) is 11.1 Å². The number of benzene rings is 2. The molecule has 3 rings (SSSR count). The molecule has 0 aliphatic rings. The van der Waals surface area contributed by atoms with E-state index in [1.54, 1.807) is 42.5 Å². The zero-order chi connectivity index (χ0) is 18.6. The average molecular weight is 371 g/mol. The number of halogens is 1. The zero-order valence-electron chi connectivity index (χ0n) is 14.1. The molecule has 0 unspecified atom stereocenters. The molecule has 7 heteroatoms. The zero-order valence-corrected chi connectivity index (χ0v) is 14.9. The predicted molar refractivity (Wildman–Crippen MR) is 100.0 cm³/mol. The molecule has 5 nitrogen and oxygen atoms in total. The van der Waals surface area contributed by atoms with E-state index in [9.17, 15) is 12.8 Å². The van der Waals surface area contributed by atoms with Crippen molar-refractivity contribution in [1.82, 2.24) is 4.98 Å². The Balaban J connectivity index is 1.67. The van der Waals surface area contributed by atoms with Crippen molar-refractivity contribution in [3.05, 3.63) is 83.8 Å². The molecular formula is C19H18FN3O2S. The summed E-state index contributed by atoms with van der Waals surface area (Å²) in [6, 6.07) is 16.4. The summed E-state index contributed by atoms with van der Waals surface area (Å²) < 4.78 is 40.8. The normalized spacial score (nSPS) is 11.2. The Hall–Kier alpha value is -2.93. The largest absolute Gasteiger partial charge is 0.380 e. The molecule has 0 bridgehead atoms. The smallest absolute Gasteiger partial charge is 0.263 e. The van der Waals surface area contributed by atoms with Crippen molar-refractivity contribution in [3.8, 4) is 0 Å². The van der Waals surface area contributed by atoms with E-state index in [2.05, 4.69) is 15.0 Å². The van der Waals surface area contributed by atoms with Crippen LogP contribution in [0.5, 0.6) is 0 Å². The van der Waals surface area contributed by atoms with Crippen molar-refractivity contribution >= 4 is 21.5 Å². The van der Waals surface area contributed by atoms with Crippen LogP contribution >= 0.6 is 0 Å². The molecule has 0 aliphatic carbocycles. The summed E-state index contributed by atoms with van der Waals surface area (Å²) in [7, 11) is -3.69. The minimum atomic E-state index is -3.69. The number of nitrogens with one attached hydrogen (secondary N) is 2. The Kier molecular flexibility index (Phi) is 5.18. The van der Waals surface area contributed by atoms with Crippen molar-refractivity contribution in [2.24, 2.45) is 0 Å². The topological polar surface area (TPSA) is 71.1 Å². The summed E-state index contributed by atoms with van der Waals surface area (Å²) in [5.41, 5.74) is 2.05. The predicted octanol–water partition coefficient (Wildman–Crippen LogP) is 3.94. The summed E-state index contributed by atoms with van der Waals surface area (Å²) >= 11 is 0. The Labute approximate surface area is 152 Å². The highest BCUT2D eigenvalue weighted by Gasteiger charge is 2.14. The van der Waals surface area contributed by atoms with Crippen LogP contribution < -0.4 is 10.0 Å². The number of rotatable bonds is 6. The summed E-state index contributed by atoms with van der Waals surface area (Å²) in [6.07, 6.45) is 1.49. The first-order chi connectivity index (χ1) is 12.4. The molecule has 0 aliphatic heterocycles. The van der Waals surface area contributed by atoms with Crippen molar-refractivity contribution < 1.29 is 12.8 Å². The Morgan fingerprint density at radius 3 is 2.54 bits per heavy atom. The summed E-state index contributed by atoms with van der Waals surface area (Å²) in [4.78, 5) is 4.28. The Morgan fingerprint density at radius 1 is 1.04 bits per heavy atom. The molecule has 0 saturated heterocycles. The monoisotopic (exact) mass is 371 g/mol. The minimum absolute atomic E-state index is 0.182. The van der Waals surface area contributed by atoms with Crippen molar-refractivity contribution in [1.29, 1.82) is 0 Å². The lowest BCUT2D eigenvalue weighted by Gasteiger charge is -2.10. The van der Waals surface area contributed by atoms with Crippen molar-refractivity contribution in [2.75, 3.05) is 10.0 Å². The second-order valence-corrected chi connectivity index (χ2v) is 7.48. The molecular weight excluding hydrogens is 353 g/mol. The van der Waals surface area contributed by atoms with Gasteiger partial charge in [0.05, 0.1) is 16.8 Å². The van der Waals surface area contributed by atoms with Gasteiger partial charge in [0.25, 0.3) is 10.0 Å². The first-order valence-electron chi connectivity index (χ1n) is 7.97. The molecule has 0 radical (unpaired) electrons. The maximum Gasteiger partial charge on any atom is 0.263 e. The van der Waals surface area contributed by atoms with Gasteiger partial charge in [0, 0.05) is 12.1 Å².